The van der Waals surface area contributed by atoms with Gasteiger partial charge < -0.3 is 20.9 Å². The summed E-state index contributed by atoms with van der Waals surface area (Å²) in [5, 5.41) is 22.0. The van der Waals surface area contributed by atoms with Crippen LogP contribution in [0.5, 0.6) is 5.75 Å². The molecule has 1 aromatic rings. The molecule has 1 aromatic carbocycles. The Morgan fingerprint density at radius 2 is 2.07 bits per heavy atom. The maximum absolute atomic E-state index is 8.43. The minimum Gasteiger partial charge on any atom is -0.433 e. The minimum atomic E-state index is -0.259. The molecule has 14 heavy (non-hydrogen) atoms. The average Bonchev–Trinajstić information content (AvgIpc) is 2.20. The highest BCUT2D eigenvalue weighted by molar-refractivity contribution is 6.26. The summed E-state index contributed by atoms with van der Waals surface area (Å²) in [6, 6.07) is 6.65. The highest BCUT2D eigenvalue weighted by atomic mass is 16.5. The van der Waals surface area contributed by atoms with E-state index in [1.54, 1.807) is 24.3 Å². The van der Waals surface area contributed by atoms with Gasteiger partial charge in [0.15, 0.2) is 5.75 Å². The molecule has 0 aliphatic heterocycles. The third-order valence-corrected chi connectivity index (χ3v) is 1.40. The summed E-state index contributed by atoms with van der Waals surface area (Å²) in [5.41, 5.74) is 5.94. The zero-order valence-electron chi connectivity index (χ0n) is 7.16. The van der Waals surface area contributed by atoms with E-state index in [-0.39, 0.29) is 5.90 Å². The monoisotopic (exact) mass is 195 g/mol. The predicted molar refractivity (Wildman–Crippen MR) is 51.0 cm³/mol. The molecule has 0 fully saturated rings. The van der Waals surface area contributed by atoms with Crippen molar-refractivity contribution in [2.75, 3.05) is 5.73 Å². The van der Waals surface area contributed by atoms with Gasteiger partial charge in [0.05, 0.1) is 5.69 Å². The molecule has 4 N–H and O–H groups in total. The third-order valence-electron chi connectivity index (χ3n) is 1.40. The first kappa shape index (κ1) is 9.85. The number of ether oxygens (including phenoxy) is 1. The highest BCUT2D eigenvalue weighted by Gasteiger charge is 2.03. The molecule has 0 aliphatic rings. The van der Waals surface area contributed by atoms with Gasteiger partial charge in [-0.05, 0) is 17.3 Å². The Hall–Kier alpha value is -2.24. The molecule has 74 valence electrons. The van der Waals surface area contributed by atoms with E-state index in [9.17, 15) is 0 Å². The quantitative estimate of drug-likeness (QED) is 0.214. The molecule has 0 unspecified atom stereocenters. The first-order chi connectivity index (χ1) is 6.77. The number of nitrogen functional groups attached to an aromatic ring is 1. The summed E-state index contributed by atoms with van der Waals surface area (Å²) >= 11 is 0. The van der Waals surface area contributed by atoms with Crippen LogP contribution in [0, 0.1) is 0 Å². The van der Waals surface area contributed by atoms with Crippen LogP contribution < -0.4 is 10.5 Å². The normalized spacial score (nSPS) is 11.9. The number of nitrogens with two attached hydrogens (primary N) is 1. The lowest BCUT2D eigenvalue weighted by molar-refractivity contribution is 0.303. The van der Waals surface area contributed by atoms with E-state index in [0.29, 0.717) is 11.4 Å². The van der Waals surface area contributed by atoms with Crippen molar-refractivity contribution in [2.24, 2.45) is 10.3 Å². The van der Waals surface area contributed by atoms with Crippen molar-refractivity contribution >= 4 is 17.8 Å². The van der Waals surface area contributed by atoms with Crippen molar-refractivity contribution in [3.63, 3.8) is 0 Å². The summed E-state index contributed by atoms with van der Waals surface area (Å²) in [5.74, 6) is 0.0607. The molecule has 0 bridgehead atoms. The number of oxime groups is 2. The molecule has 0 aliphatic carbocycles. The number of hydrogen-bond donors (Lipinski definition) is 3. The van der Waals surface area contributed by atoms with E-state index in [1.165, 1.54) is 0 Å². The third kappa shape index (κ3) is 2.37. The van der Waals surface area contributed by atoms with Crippen molar-refractivity contribution in [3.8, 4) is 5.75 Å². The molecule has 0 amide bonds. The Morgan fingerprint density at radius 1 is 1.36 bits per heavy atom. The van der Waals surface area contributed by atoms with Gasteiger partial charge in [-0.3, -0.25) is 0 Å². The molecule has 6 nitrogen and oxygen atoms in total. The second-order valence-electron chi connectivity index (χ2n) is 2.32. The maximum atomic E-state index is 8.43. The van der Waals surface area contributed by atoms with Gasteiger partial charge in [-0.15, -0.1) is 0 Å². The zero-order valence-corrected chi connectivity index (χ0v) is 7.16. The first-order valence-electron chi connectivity index (χ1n) is 3.69. The van der Waals surface area contributed by atoms with Crippen LogP contribution in [0.15, 0.2) is 34.6 Å². The Bertz CT molecular complexity index is 363. The maximum Gasteiger partial charge on any atom is 0.277 e. The topological polar surface area (TPSA) is 100 Å². The van der Waals surface area contributed by atoms with Crippen molar-refractivity contribution < 1.29 is 15.2 Å². The number of nitrogens with zero attached hydrogens (tertiary/aromatic N) is 2. The van der Waals surface area contributed by atoms with E-state index in [0.717, 1.165) is 6.21 Å². The molecule has 0 saturated carbocycles. The van der Waals surface area contributed by atoms with Crippen LogP contribution >= 0.6 is 0 Å². The lowest BCUT2D eigenvalue weighted by Crippen LogP contribution is -2.11. The van der Waals surface area contributed by atoms with Gasteiger partial charge in [-0.1, -0.05) is 17.3 Å². The number of rotatable bonds is 2. The largest absolute Gasteiger partial charge is 0.433 e. The number of anilines is 1. The minimum absolute atomic E-state index is 0.259. The standard InChI is InChI=1S/C8H9N3O3/c9-6-3-1-2-4-7(6)14-8(11-13)5-10-12/h1-5,12-13H,9H2/b10-5+,11-8+. The number of para-hydroxylation sites is 2. The van der Waals surface area contributed by atoms with Crippen molar-refractivity contribution in [3.05, 3.63) is 24.3 Å². The summed E-state index contributed by atoms with van der Waals surface area (Å²) in [6.07, 6.45) is 0.840. The lowest BCUT2D eigenvalue weighted by Gasteiger charge is -2.04. The van der Waals surface area contributed by atoms with Gasteiger partial charge in [0, 0.05) is 0 Å². The smallest absolute Gasteiger partial charge is 0.277 e. The van der Waals surface area contributed by atoms with Crippen LogP contribution in [0.25, 0.3) is 0 Å². The average molecular weight is 195 g/mol. The van der Waals surface area contributed by atoms with Crippen molar-refractivity contribution in [1.82, 2.24) is 0 Å². The molecule has 0 aromatic heterocycles. The van der Waals surface area contributed by atoms with E-state index in [4.69, 9.17) is 20.9 Å². The molecule has 0 spiro atoms. The highest BCUT2D eigenvalue weighted by Crippen LogP contribution is 2.19. The molecule has 0 saturated heterocycles. The Morgan fingerprint density at radius 3 is 2.64 bits per heavy atom. The predicted octanol–water partition coefficient (Wildman–Crippen LogP) is 0.895. The van der Waals surface area contributed by atoms with Gasteiger partial charge >= 0.3 is 0 Å². The zero-order chi connectivity index (χ0) is 10.4. The van der Waals surface area contributed by atoms with Gasteiger partial charge in [-0.2, -0.15) is 0 Å². The molecular weight excluding hydrogens is 186 g/mol. The van der Waals surface area contributed by atoms with Gasteiger partial charge in [0.1, 0.15) is 6.21 Å². The van der Waals surface area contributed by atoms with Gasteiger partial charge in [-0.25, -0.2) is 0 Å². The van der Waals surface area contributed by atoms with Crippen molar-refractivity contribution in [1.29, 1.82) is 0 Å². The second-order valence-corrected chi connectivity index (χ2v) is 2.32. The van der Waals surface area contributed by atoms with Gasteiger partial charge in [0.2, 0.25) is 0 Å². The van der Waals surface area contributed by atoms with E-state index < -0.39 is 0 Å². The molecule has 0 heterocycles. The fraction of sp³-hybridized carbons (Fsp3) is 0. The van der Waals surface area contributed by atoms with E-state index >= 15 is 0 Å². The molecule has 1 rings (SSSR count). The van der Waals surface area contributed by atoms with Crippen LogP contribution in [0.1, 0.15) is 0 Å². The number of benzene rings is 1. The summed E-state index contributed by atoms with van der Waals surface area (Å²) in [4.78, 5) is 0. The lowest BCUT2D eigenvalue weighted by atomic mass is 10.3. The second kappa shape index (κ2) is 4.70. The summed E-state index contributed by atoms with van der Waals surface area (Å²) in [7, 11) is 0. The van der Waals surface area contributed by atoms with E-state index in [1.807, 2.05) is 0 Å². The SMILES string of the molecule is Nc1ccccc1OC(/C=N/O)=N/O. The fourth-order valence-electron chi connectivity index (χ4n) is 0.808. The fourth-order valence-corrected chi connectivity index (χ4v) is 0.808. The molecular formula is C8H9N3O3. The Balaban J connectivity index is 2.83. The van der Waals surface area contributed by atoms with Crippen LogP contribution in [-0.4, -0.2) is 22.5 Å². The van der Waals surface area contributed by atoms with Crippen molar-refractivity contribution in [2.45, 2.75) is 0 Å². The summed E-state index contributed by atoms with van der Waals surface area (Å²) in [6.45, 7) is 0. The number of hydrogen-bond acceptors (Lipinski definition) is 6. The van der Waals surface area contributed by atoms with E-state index in [2.05, 4.69) is 10.3 Å². The van der Waals surface area contributed by atoms with Gasteiger partial charge in [0.25, 0.3) is 5.90 Å². The Kier molecular flexibility index (Phi) is 3.31. The van der Waals surface area contributed by atoms with Crippen LogP contribution in [0.3, 0.4) is 0 Å². The molecule has 0 radical (unpaired) electrons. The molecule has 6 heteroatoms. The van der Waals surface area contributed by atoms with Crippen LogP contribution in [0.4, 0.5) is 5.69 Å². The van der Waals surface area contributed by atoms with Crippen LogP contribution in [-0.2, 0) is 0 Å². The Labute approximate surface area is 79.9 Å². The first-order valence-corrected chi connectivity index (χ1v) is 3.69. The molecule has 0 atom stereocenters. The summed E-state index contributed by atoms with van der Waals surface area (Å²) < 4.78 is 5.00. The van der Waals surface area contributed by atoms with Crippen LogP contribution in [0.2, 0.25) is 0 Å².